The standard InChI is InChI=1S/C17H12ClF3O4/c18-12-7-9-6-11(16(22)23)15(17(19,20)21)25-13(9)8-14(12)24-10-4-2-1-3-5-10/h2,4-8,15H,1,3H2,(H,22,23)/t15-/m0/s1. The summed E-state index contributed by atoms with van der Waals surface area (Å²) in [5, 5.41) is 9.15. The number of halogens is 4. The van der Waals surface area contributed by atoms with E-state index in [2.05, 4.69) is 0 Å². The van der Waals surface area contributed by atoms with E-state index in [1.165, 1.54) is 12.1 Å². The molecule has 0 saturated heterocycles. The molecule has 4 nitrogen and oxygen atoms in total. The maximum atomic E-state index is 13.1. The van der Waals surface area contributed by atoms with Crippen molar-refractivity contribution in [3.8, 4) is 11.5 Å². The third kappa shape index (κ3) is 3.66. The third-order valence-corrected chi connectivity index (χ3v) is 3.93. The van der Waals surface area contributed by atoms with Crippen molar-refractivity contribution in [2.45, 2.75) is 25.1 Å². The molecule has 0 unspecified atom stereocenters. The van der Waals surface area contributed by atoms with Crippen molar-refractivity contribution in [3.63, 3.8) is 0 Å². The fourth-order valence-electron chi connectivity index (χ4n) is 2.49. The maximum absolute atomic E-state index is 13.1. The molecule has 0 fully saturated rings. The Balaban J connectivity index is 1.99. The van der Waals surface area contributed by atoms with Crippen LogP contribution in [0.4, 0.5) is 13.2 Å². The number of carboxylic acids is 1. The van der Waals surface area contributed by atoms with Gasteiger partial charge in [-0.2, -0.15) is 13.2 Å². The minimum Gasteiger partial charge on any atom is -0.478 e. The van der Waals surface area contributed by atoms with Gasteiger partial charge in [0.1, 0.15) is 17.3 Å². The molecule has 0 spiro atoms. The Morgan fingerprint density at radius 3 is 2.68 bits per heavy atom. The van der Waals surface area contributed by atoms with Crippen LogP contribution in [0.15, 0.2) is 41.7 Å². The second kappa shape index (κ2) is 6.48. The number of aliphatic carboxylic acids is 1. The first-order valence-corrected chi connectivity index (χ1v) is 7.70. The van der Waals surface area contributed by atoms with E-state index in [0.29, 0.717) is 5.76 Å². The van der Waals surface area contributed by atoms with Gasteiger partial charge in [0.15, 0.2) is 0 Å². The van der Waals surface area contributed by atoms with Gasteiger partial charge in [0, 0.05) is 11.6 Å². The Morgan fingerprint density at radius 1 is 1.32 bits per heavy atom. The van der Waals surface area contributed by atoms with Gasteiger partial charge in [0.05, 0.1) is 10.6 Å². The predicted molar refractivity (Wildman–Crippen MR) is 84.6 cm³/mol. The van der Waals surface area contributed by atoms with E-state index >= 15 is 0 Å². The smallest absolute Gasteiger partial charge is 0.430 e. The van der Waals surface area contributed by atoms with Gasteiger partial charge in [-0.15, -0.1) is 0 Å². The fraction of sp³-hybridized carbons (Fsp3) is 0.235. The molecule has 0 bridgehead atoms. The Bertz CT molecular complexity index is 809. The second-order valence-electron chi connectivity index (χ2n) is 5.45. The zero-order chi connectivity index (χ0) is 18.2. The van der Waals surface area contributed by atoms with Crippen LogP contribution in [-0.4, -0.2) is 23.4 Å². The van der Waals surface area contributed by atoms with Crippen LogP contribution in [0.2, 0.25) is 5.02 Å². The lowest BCUT2D eigenvalue weighted by atomic mass is 10.0. The fourth-order valence-corrected chi connectivity index (χ4v) is 2.70. The van der Waals surface area contributed by atoms with Crippen molar-refractivity contribution < 1.29 is 32.5 Å². The summed E-state index contributed by atoms with van der Waals surface area (Å²) in [6.45, 7) is 0. The first-order valence-electron chi connectivity index (χ1n) is 7.32. The van der Waals surface area contributed by atoms with Crippen LogP contribution >= 0.6 is 11.6 Å². The van der Waals surface area contributed by atoms with Crippen molar-refractivity contribution in [3.05, 3.63) is 52.3 Å². The largest absolute Gasteiger partial charge is 0.478 e. The Labute approximate surface area is 145 Å². The number of benzene rings is 1. The SMILES string of the molecule is O=C(O)C1=Cc2cc(Cl)c(OC3=CCCC=C3)cc2O[C@@H]1C(F)(F)F. The molecule has 1 atom stereocenters. The van der Waals surface area contributed by atoms with E-state index in [4.69, 9.17) is 26.2 Å². The molecule has 132 valence electrons. The number of allylic oxidation sites excluding steroid dienone is 3. The molecule has 0 amide bonds. The lowest BCUT2D eigenvalue weighted by molar-refractivity contribution is -0.187. The summed E-state index contributed by atoms with van der Waals surface area (Å²) >= 11 is 6.10. The topological polar surface area (TPSA) is 55.8 Å². The lowest BCUT2D eigenvalue weighted by Crippen LogP contribution is -2.40. The van der Waals surface area contributed by atoms with Crippen LogP contribution in [0.5, 0.6) is 11.5 Å². The summed E-state index contributed by atoms with van der Waals surface area (Å²) < 4.78 is 49.8. The van der Waals surface area contributed by atoms with Crippen LogP contribution in [0.3, 0.4) is 0 Å². The zero-order valence-electron chi connectivity index (χ0n) is 12.6. The second-order valence-corrected chi connectivity index (χ2v) is 5.86. The summed E-state index contributed by atoms with van der Waals surface area (Å²) in [7, 11) is 0. The minimum absolute atomic E-state index is 0.131. The van der Waals surface area contributed by atoms with Crippen molar-refractivity contribution in [1.82, 2.24) is 0 Å². The first-order chi connectivity index (χ1) is 11.8. The highest BCUT2D eigenvalue weighted by Gasteiger charge is 2.48. The summed E-state index contributed by atoms with van der Waals surface area (Å²) in [6, 6.07) is 2.55. The summed E-state index contributed by atoms with van der Waals surface area (Å²) in [6.07, 6.45) is 0.625. The van der Waals surface area contributed by atoms with Gasteiger partial charge in [-0.3, -0.25) is 0 Å². The summed E-state index contributed by atoms with van der Waals surface area (Å²) in [5.74, 6) is -1.20. The Morgan fingerprint density at radius 2 is 2.08 bits per heavy atom. The number of carbonyl (C=O) groups is 1. The van der Waals surface area contributed by atoms with Gasteiger partial charge < -0.3 is 14.6 Å². The first kappa shape index (κ1) is 17.4. The van der Waals surface area contributed by atoms with E-state index in [9.17, 15) is 18.0 Å². The molecule has 1 aromatic rings. The van der Waals surface area contributed by atoms with Gasteiger partial charge in [-0.25, -0.2) is 4.79 Å². The minimum atomic E-state index is -4.86. The molecule has 3 rings (SSSR count). The normalized spacial score (nSPS) is 19.4. The van der Waals surface area contributed by atoms with Gasteiger partial charge in [-0.1, -0.05) is 17.7 Å². The van der Waals surface area contributed by atoms with Crippen molar-refractivity contribution in [2.75, 3.05) is 0 Å². The number of hydrogen-bond acceptors (Lipinski definition) is 3. The van der Waals surface area contributed by atoms with Crippen molar-refractivity contribution in [2.24, 2.45) is 0 Å². The van der Waals surface area contributed by atoms with Crippen LogP contribution in [-0.2, 0) is 4.79 Å². The quantitative estimate of drug-likeness (QED) is 0.832. The molecule has 0 aromatic heterocycles. The predicted octanol–water partition coefficient (Wildman–Crippen LogP) is 4.74. The molecule has 1 aliphatic carbocycles. The van der Waals surface area contributed by atoms with Crippen LogP contribution in [0.25, 0.3) is 6.08 Å². The molecular weight excluding hydrogens is 361 g/mol. The zero-order valence-corrected chi connectivity index (χ0v) is 13.4. The number of rotatable bonds is 3. The maximum Gasteiger partial charge on any atom is 0.430 e. The number of carboxylic acid groups (broad SMARTS) is 1. The summed E-state index contributed by atoms with van der Waals surface area (Å²) in [4.78, 5) is 11.1. The lowest BCUT2D eigenvalue weighted by Gasteiger charge is -2.27. The van der Waals surface area contributed by atoms with Gasteiger partial charge in [-0.05, 0) is 37.1 Å². The van der Waals surface area contributed by atoms with Crippen LogP contribution in [0, 0.1) is 0 Å². The molecule has 1 aliphatic heterocycles. The highest BCUT2D eigenvalue weighted by molar-refractivity contribution is 6.32. The van der Waals surface area contributed by atoms with Crippen LogP contribution in [0.1, 0.15) is 18.4 Å². The molecular formula is C17H12ClF3O4. The Kier molecular flexibility index (Phi) is 4.51. The van der Waals surface area contributed by atoms with Crippen molar-refractivity contribution >= 4 is 23.6 Å². The highest BCUT2D eigenvalue weighted by Crippen LogP contribution is 2.42. The molecule has 0 radical (unpaired) electrons. The number of fused-ring (bicyclic) bond motifs is 1. The molecule has 2 aliphatic rings. The molecule has 1 aromatic carbocycles. The Hall–Kier alpha value is -2.41. The molecule has 1 heterocycles. The van der Waals surface area contributed by atoms with E-state index < -0.39 is 23.8 Å². The number of alkyl halides is 3. The van der Waals surface area contributed by atoms with E-state index in [1.54, 1.807) is 6.08 Å². The number of ether oxygens (including phenoxy) is 2. The highest BCUT2D eigenvalue weighted by atomic mass is 35.5. The third-order valence-electron chi connectivity index (χ3n) is 3.64. The van der Waals surface area contributed by atoms with E-state index in [-0.39, 0.29) is 22.1 Å². The average Bonchev–Trinajstić information content (AvgIpc) is 2.54. The van der Waals surface area contributed by atoms with Gasteiger partial charge in [0.2, 0.25) is 6.10 Å². The molecule has 1 N–H and O–H groups in total. The van der Waals surface area contributed by atoms with E-state index in [0.717, 1.165) is 18.9 Å². The number of hydrogen-bond donors (Lipinski definition) is 1. The average molecular weight is 373 g/mol. The molecule has 8 heteroatoms. The van der Waals surface area contributed by atoms with Gasteiger partial charge in [0.25, 0.3) is 0 Å². The summed E-state index contributed by atoms with van der Waals surface area (Å²) in [5.41, 5.74) is -0.758. The van der Waals surface area contributed by atoms with Crippen molar-refractivity contribution in [1.29, 1.82) is 0 Å². The van der Waals surface area contributed by atoms with Crippen LogP contribution < -0.4 is 9.47 Å². The van der Waals surface area contributed by atoms with E-state index in [1.807, 2.05) is 12.2 Å². The van der Waals surface area contributed by atoms with Gasteiger partial charge >= 0.3 is 12.1 Å². The monoisotopic (exact) mass is 372 g/mol. The molecule has 25 heavy (non-hydrogen) atoms. The molecule has 0 saturated carbocycles.